The fraction of sp³-hybridized carbons (Fsp3) is 0.727. The summed E-state index contributed by atoms with van der Waals surface area (Å²) in [5.41, 5.74) is 0. The van der Waals surface area contributed by atoms with E-state index in [-0.39, 0.29) is 24.0 Å². The molecule has 0 radical (unpaired) electrons. The molecular weight excluding hydrogens is 350 g/mol. The van der Waals surface area contributed by atoms with Crippen molar-refractivity contribution in [3.8, 4) is 11.5 Å². The zero-order valence-electron chi connectivity index (χ0n) is 16.5. The second-order valence-corrected chi connectivity index (χ2v) is 7.94. The normalized spacial score (nSPS) is 28.7. The first-order chi connectivity index (χ1) is 13.1. The van der Waals surface area contributed by atoms with Gasteiger partial charge in [-0.2, -0.15) is 8.78 Å². The Morgan fingerprint density at radius 3 is 2.07 bits per heavy atom. The van der Waals surface area contributed by atoms with Crippen LogP contribution in [0.5, 0.6) is 11.5 Å². The maximum Gasteiger partial charge on any atom is 0.204 e. The maximum absolute atomic E-state index is 14.1. The first-order valence-electron chi connectivity index (χ1n) is 10.5. The lowest BCUT2D eigenvalue weighted by Crippen LogP contribution is -2.35. The first kappa shape index (κ1) is 20.4. The van der Waals surface area contributed by atoms with Crippen LogP contribution in [-0.2, 0) is 4.74 Å². The van der Waals surface area contributed by atoms with Gasteiger partial charge in [-0.05, 0) is 56.6 Å². The Labute approximate surface area is 161 Å². The molecule has 2 fully saturated rings. The molecule has 1 aromatic rings. The third kappa shape index (κ3) is 5.13. The molecule has 1 aliphatic carbocycles. The van der Waals surface area contributed by atoms with Crippen LogP contribution in [-0.4, -0.2) is 25.9 Å². The van der Waals surface area contributed by atoms with Crippen molar-refractivity contribution < 1.29 is 23.0 Å². The van der Waals surface area contributed by atoms with Crippen molar-refractivity contribution >= 4 is 0 Å². The van der Waals surface area contributed by atoms with Crippen molar-refractivity contribution in [2.75, 3.05) is 19.8 Å². The van der Waals surface area contributed by atoms with Gasteiger partial charge in [-0.25, -0.2) is 0 Å². The van der Waals surface area contributed by atoms with Crippen LogP contribution in [0.1, 0.15) is 58.8 Å². The fourth-order valence-electron chi connectivity index (χ4n) is 4.40. The molecule has 3 nitrogen and oxygen atoms in total. The van der Waals surface area contributed by atoms with Gasteiger partial charge in [-0.3, -0.25) is 0 Å². The van der Waals surface area contributed by atoms with Gasteiger partial charge >= 0.3 is 0 Å². The zero-order chi connectivity index (χ0) is 19.2. The molecule has 2 aliphatic rings. The van der Waals surface area contributed by atoms with Gasteiger partial charge in [0.15, 0.2) is 11.5 Å². The maximum atomic E-state index is 14.1. The number of ether oxygens (including phenoxy) is 3. The molecule has 0 aromatic heterocycles. The second-order valence-electron chi connectivity index (χ2n) is 7.94. The summed E-state index contributed by atoms with van der Waals surface area (Å²) < 4.78 is 44.7. The van der Waals surface area contributed by atoms with Crippen molar-refractivity contribution in [3.63, 3.8) is 0 Å². The highest BCUT2D eigenvalue weighted by Crippen LogP contribution is 2.37. The van der Waals surface area contributed by atoms with Gasteiger partial charge in [0, 0.05) is 5.92 Å². The van der Waals surface area contributed by atoms with E-state index in [1.54, 1.807) is 6.92 Å². The number of rotatable bonds is 7. The van der Waals surface area contributed by atoms with E-state index in [0.717, 1.165) is 18.8 Å². The molecule has 0 N–H and O–H groups in total. The minimum atomic E-state index is -0.989. The topological polar surface area (TPSA) is 27.7 Å². The summed E-state index contributed by atoms with van der Waals surface area (Å²) in [6.07, 6.45) is 8.92. The van der Waals surface area contributed by atoms with Crippen LogP contribution in [0.3, 0.4) is 0 Å². The Balaban J connectivity index is 1.44. The number of benzene rings is 1. The Morgan fingerprint density at radius 1 is 0.889 bits per heavy atom. The van der Waals surface area contributed by atoms with Crippen LogP contribution in [0, 0.1) is 29.4 Å². The van der Waals surface area contributed by atoms with Crippen LogP contribution in [0.15, 0.2) is 12.1 Å². The minimum absolute atomic E-state index is 0.0593. The number of halogens is 2. The van der Waals surface area contributed by atoms with E-state index in [9.17, 15) is 8.78 Å². The predicted octanol–water partition coefficient (Wildman–Crippen LogP) is 5.75. The number of hydrogen-bond donors (Lipinski definition) is 0. The van der Waals surface area contributed by atoms with Crippen molar-refractivity contribution in [1.29, 1.82) is 0 Å². The molecule has 0 bridgehead atoms. The average Bonchev–Trinajstić information content (AvgIpc) is 2.71. The summed E-state index contributed by atoms with van der Waals surface area (Å²) in [4.78, 5) is 0. The molecule has 1 saturated carbocycles. The molecule has 5 heteroatoms. The summed E-state index contributed by atoms with van der Waals surface area (Å²) in [5, 5.41) is 0. The lowest BCUT2D eigenvalue weighted by atomic mass is 9.76. The van der Waals surface area contributed by atoms with Crippen molar-refractivity contribution in [2.45, 2.75) is 64.9 Å². The summed E-state index contributed by atoms with van der Waals surface area (Å²) in [6, 6.07) is 2.85. The first-order valence-corrected chi connectivity index (χ1v) is 10.5. The molecule has 1 saturated heterocycles. The van der Waals surface area contributed by atoms with Crippen LogP contribution < -0.4 is 9.47 Å². The van der Waals surface area contributed by atoms with E-state index in [1.807, 2.05) is 0 Å². The van der Waals surface area contributed by atoms with Crippen molar-refractivity contribution in [2.24, 2.45) is 17.8 Å². The van der Waals surface area contributed by atoms with Gasteiger partial charge in [-0.1, -0.05) is 26.2 Å². The summed E-state index contributed by atoms with van der Waals surface area (Å²) in [5.74, 6) is -0.301. The SMILES string of the molecule is CCOc1ccc(OCC2CCC(C3CCC(CC)CC3)OC2)c(F)c1F. The highest BCUT2D eigenvalue weighted by Gasteiger charge is 2.31. The highest BCUT2D eigenvalue weighted by atomic mass is 19.2. The molecule has 1 aromatic carbocycles. The van der Waals surface area contributed by atoms with Gasteiger partial charge in [-0.15, -0.1) is 0 Å². The number of hydrogen-bond acceptors (Lipinski definition) is 3. The molecule has 27 heavy (non-hydrogen) atoms. The second kappa shape index (κ2) is 9.72. The third-order valence-electron chi connectivity index (χ3n) is 6.19. The molecule has 2 unspecified atom stereocenters. The Morgan fingerprint density at radius 2 is 1.52 bits per heavy atom. The van der Waals surface area contributed by atoms with E-state index in [1.165, 1.54) is 44.2 Å². The molecule has 1 aliphatic heterocycles. The summed E-state index contributed by atoms with van der Waals surface area (Å²) >= 11 is 0. The van der Waals surface area contributed by atoms with Gasteiger partial charge in [0.1, 0.15) is 0 Å². The minimum Gasteiger partial charge on any atom is -0.491 e. The Kier molecular flexibility index (Phi) is 7.33. The van der Waals surface area contributed by atoms with E-state index >= 15 is 0 Å². The molecule has 0 amide bonds. The smallest absolute Gasteiger partial charge is 0.204 e. The fourth-order valence-corrected chi connectivity index (χ4v) is 4.40. The van der Waals surface area contributed by atoms with Crippen molar-refractivity contribution in [1.82, 2.24) is 0 Å². The Hall–Kier alpha value is -1.36. The van der Waals surface area contributed by atoms with E-state index in [0.29, 0.717) is 25.2 Å². The average molecular weight is 382 g/mol. The van der Waals surface area contributed by atoms with Gasteiger partial charge in [0.05, 0.1) is 25.9 Å². The highest BCUT2D eigenvalue weighted by molar-refractivity contribution is 5.35. The van der Waals surface area contributed by atoms with E-state index in [2.05, 4.69) is 6.92 Å². The van der Waals surface area contributed by atoms with Crippen LogP contribution in [0.25, 0.3) is 0 Å². The van der Waals surface area contributed by atoms with Gasteiger partial charge < -0.3 is 14.2 Å². The molecule has 3 rings (SSSR count). The molecular formula is C22H32F2O3. The van der Waals surface area contributed by atoms with Crippen LogP contribution >= 0.6 is 0 Å². The summed E-state index contributed by atoms with van der Waals surface area (Å²) in [6.45, 7) is 5.29. The summed E-state index contributed by atoms with van der Waals surface area (Å²) in [7, 11) is 0. The standard InChI is InChI=1S/C22H32F2O3/c1-3-15-5-8-17(9-6-15)18-10-7-16(13-26-18)14-27-20-12-11-19(25-4-2)21(23)22(20)24/h11-12,15-18H,3-10,13-14H2,1-2H3. The predicted molar refractivity (Wildman–Crippen MR) is 101 cm³/mol. The third-order valence-corrected chi connectivity index (χ3v) is 6.19. The zero-order valence-corrected chi connectivity index (χ0v) is 16.5. The monoisotopic (exact) mass is 382 g/mol. The van der Waals surface area contributed by atoms with E-state index < -0.39 is 11.6 Å². The van der Waals surface area contributed by atoms with Gasteiger partial charge in [0.2, 0.25) is 11.6 Å². The molecule has 152 valence electrons. The lowest BCUT2D eigenvalue weighted by molar-refractivity contribution is -0.0654. The molecule has 1 heterocycles. The largest absolute Gasteiger partial charge is 0.491 e. The molecule has 0 spiro atoms. The lowest BCUT2D eigenvalue weighted by Gasteiger charge is -2.37. The van der Waals surface area contributed by atoms with Crippen molar-refractivity contribution in [3.05, 3.63) is 23.8 Å². The van der Waals surface area contributed by atoms with Crippen LogP contribution in [0.4, 0.5) is 8.78 Å². The molecule has 2 atom stereocenters. The van der Waals surface area contributed by atoms with E-state index in [4.69, 9.17) is 14.2 Å². The van der Waals surface area contributed by atoms with Crippen LogP contribution in [0.2, 0.25) is 0 Å². The quantitative estimate of drug-likeness (QED) is 0.601. The Bertz CT molecular complexity index is 591. The van der Waals surface area contributed by atoms with Gasteiger partial charge in [0.25, 0.3) is 0 Å².